The van der Waals surface area contributed by atoms with Crippen molar-refractivity contribution < 1.29 is 14.3 Å². The monoisotopic (exact) mass is 275 g/mol. The maximum atomic E-state index is 12.0. The van der Waals surface area contributed by atoms with Gasteiger partial charge in [0, 0.05) is 12.6 Å². The molecule has 20 heavy (non-hydrogen) atoms. The Hall–Kier alpha value is -1.97. The molecule has 4 heteroatoms. The molecule has 1 heterocycles. The minimum Gasteiger partial charge on any atom is -0.493 e. The van der Waals surface area contributed by atoms with Gasteiger partial charge in [-0.3, -0.25) is 4.79 Å². The molecule has 1 aliphatic heterocycles. The fourth-order valence-corrected chi connectivity index (χ4v) is 2.50. The van der Waals surface area contributed by atoms with Gasteiger partial charge in [0.25, 0.3) is 0 Å². The molecule has 0 spiro atoms. The normalized spacial score (nSPS) is 18.2. The molecule has 1 unspecified atom stereocenters. The highest BCUT2D eigenvalue weighted by molar-refractivity contribution is 5.88. The summed E-state index contributed by atoms with van der Waals surface area (Å²) >= 11 is 0. The standard InChI is InChI=1S/C16H21NO3/c1-4-13-6-5-7-16(18)17(13)11-12-8-9-14(19-2)15(10-12)20-3/h5,7-10,13H,4,6,11H2,1-3H3. The summed E-state index contributed by atoms with van der Waals surface area (Å²) in [6.07, 6.45) is 5.51. The van der Waals surface area contributed by atoms with E-state index in [4.69, 9.17) is 9.47 Å². The molecular formula is C16H21NO3. The Kier molecular flexibility index (Phi) is 4.66. The molecule has 0 saturated heterocycles. The van der Waals surface area contributed by atoms with Crippen LogP contribution in [-0.4, -0.2) is 31.1 Å². The molecule has 0 radical (unpaired) electrons. The van der Waals surface area contributed by atoms with Crippen LogP contribution in [0.1, 0.15) is 25.3 Å². The van der Waals surface area contributed by atoms with Gasteiger partial charge in [0.1, 0.15) is 0 Å². The van der Waals surface area contributed by atoms with Crippen LogP contribution in [0.2, 0.25) is 0 Å². The van der Waals surface area contributed by atoms with Crippen molar-refractivity contribution in [2.24, 2.45) is 0 Å². The lowest BCUT2D eigenvalue weighted by Gasteiger charge is -2.32. The second-order valence-corrected chi connectivity index (χ2v) is 4.86. The van der Waals surface area contributed by atoms with Crippen LogP contribution in [-0.2, 0) is 11.3 Å². The predicted molar refractivity (Wildman–Crippen MR) is 77.9 cm³/mol. The van der Waals surface area contributed by atoms with Gasteiger partial charge < -0.3 is 14.4 Å². The Morgan fingerprint density at radius 3 is 2.65 bits per heavy atom. The first kappa shape index (κ1) is 14.4. The molecule has 0 aromatic heterocycles. The van der Waals surface area contributed by atoms with Gasteiger partial charge in [-0.2, -0.15) is 0 Å². The van der Waals surface area contributed by atoms with Gasteiger partial charge in [0.05, 0.1) is 14.2 Å². The van der Waals surface area contributed by atoms with Gasteiger partial charge in [-0.25, -0.2) is 0 Å². The lowest BCUT2D eigenvalue weighted by molar-refractivity contribution is -0.129. The average Bonchev–Trinajstić information content (AvgIpc) is 2.49. The molecule has 1 amide bonds. The van der Waals surface area contributed by atoms with Crippen LogP contribution < -0.4 is 9.47 Å². The highest BCUT2D eigenvalue weighted by Gasteiger charge is 2.23. The van der Waals surface area contributed by atoms with Crippen molar-refractivity contribution in [1.82, 2.24) is 4.90 Å². The fourth-order valence-electron chi connectivity index (χ4n) is 2.50. The number of hydrogen-bond donors (Lipinski definition) is 0. The van der Waals surface area contributed by atoms with E-state index in [0.29, 0.717) is 18.0 Å². The number of hydrogen-bond acceptors (Lipinski definition) is 3. The fraction of sp³-hybridized carbons (Fsp3) is 0.438. The maximum Gasteiger partial charge on any atom is 0.246 e. The van der Waals surface area contributed by atoms with E-state index in [1.807, 2.05) is 29.2 Å². The van der Waals surface area contributed by atoms with E-state index < -0.39 is 0 Å². The van der Waals surface area contributed by atoms with Crippen LogP contribution in [0.3, 0.4) is 0 Å². The van der Waals surface area contributed by atoms with Crippen LogP contribution in [0, 0.1) is 0 Å². The number of ether oxygens (including phenoxy) is 2. The second-order valence-electron chi connectivity index (χ2n) is 4.86. The van der Waals surface area contributed by atoms with Crippen molar-refractivity contribution in [2.75, 3.05) is 14.2 Å². The van der Waals surface area contributed by atoms with E-state index >= 15 is 0 Å². The quantitative estimate of drug-likeness (QED) is 0.829. The van der Waals surface area contributed by atoms with Crippen LogP contribution in [0.15, 0.2) is 30.4 Å². The molecule has 0 saturated carbocycles. The minimum absolute atomic E-state index is 0.0814. The first-order valence-corrected chi connectivity index (χ1v) is 6.87. The molecule has 0 fully saturated rings. The van der Waals surface area contributed by atoms with Crippen LogP contribution in [0.5, 0.6) is 11.5 Å². The van der Waals surface area contributed by atoms with E-state index in [0.717, 1.165) is 18.4 Å². The van der Waals surface area contributed by atoms with Crippen LogP contribution >= 0.6 is 0 Å². The number of benzene rings is 1. The lowest BCUT2D eigenvalue weighted by Crippen LogP contribution is -2.40. The third-order valence-corrected chi connectivity index (χ3v) is 3.66. The van der Waals surface area contributed by atoms with Gasteiger partial charge >= 0.3 is 0 Å². The first-order chi connectivity index (χ1) is 9.69. The Morgan fingerprint density at radius 2 is 2.00 bits per heavy atom. The van der Waals surface area contributed by atoms with Gasteiger partial charge in [-0.1, -0.05) is 19.1 Å². The second kappa shape index (κ2) is 6.46. The summed E-state index contributed by atoms with van der Waals surface area (Å²) in [5.74, 6) is 1.48. The molecule has 0 N–H and O–H groups in total. The molecule has 2 rings (SSSR count). The Bertz CT molecular complexity index is 510. The van der Waals surface area contributed by atoms with Gasteiger partial charge in [-0.15, -0.1) is 0 Å². The van der Waals surface area contributed by atoms with Crippen molar-refractivity contribution >= 4 is 5.91 Å². The highest BCUT2D eigenvalue weighted by atomic mass is 16.5. The molecule has 108 valence electrons. The minimum atomic E-state index is 0.0814. The topological polar surface area (TPSA) is 38.8 Å². The lowest BCUT2D eigenvalue weighted by atomic mass is 10.0. The molecule has 0 aliphatic carbocycles. The average molecular weight is 275 g/mol. The number of carbonyl (C=O) groups excluding carboxylic acids is 1. The molecule has 1 atom stereocenters. The zero-order chi connectivity index (χ0) is 14.5. The summed E-state index contributed by atoms with van der Waals surface area (Å²) in [5, 5.41) is 0. The van der Waals surface area contributed by atoms with Crippen molar-refractivity contribution in [2.45, 2.75) is 32.4 Å². The van der Waals surface area contributed by atoms with E-state index in [1.54, 1.807) is 20.3 Å². The summed E-state index contributed by atoms with van der Waals surface area (Å²) in [6.45, 7) is 2.71. The number of carbonyl (C=O) groups is 1. The molecule has 1 aliphatic rings. The number of methoxy groups -OCH3 is 2. The molecule has 1 aromatic rings. The van der Waals surface area contributed by atoms with Gasteiger partial charge in [0.2, 0.25) is 5.91 Å². The number of rotatable bonds is 5. The highest BCUT2D eigenvalue weighted by Crippen LogP contribution is 2.29. The summed E-state index contributed by atoms with van der Waals surface area (Å²) in [4.78, 5) is 13.9. The van der Waals surface area contributed by atoms with Gasteiger partial charge in [0.15, 0.2) is 11.5 Å². The zero-order valence-electron chi connectivity index (χ0n) is 12.3. The molecule has 4 nitrogen and oxygen atoms in total. The summed E-state index contributed by atoms with van der Waals surface area (Å²) in [5.41, 5.74) is 1.05. The van der Waals surface area contributed by atoms with Crippen molar-refractivity contribution in [3.63, 3.8) is 0 Å². The van der Waals surface area contributed by atoms with E-state index in [-0.39, 0.29) is 11.9 Å². The number of nitrogens with zero attached hydrogens (tertiary/aromatic N) is 1. The summed E-state index contributed by atoms with van der Waals surface area (Å²) in [7, 11) is 3.23. The first-order valence-electron chi connectivity index (χ1n) is 6.87. The van der Waals surface area contributed by atoms with Crippen molar-refractivity contribution in [1.29, 1.82) is 0 Å². The SMILES string of the molecule is CCC1CC=CC(=O)N1Cc1ccc(OC)c(OC)c1. The molecular weight excluding hydrogens is 254 g/mol. The third kappa shape index (κ3) is 2.95. The molecule has 0 bridgehead atoms. The third-order valence-electron chi connectivity index (χ3n) is 3.66. The van der Waals surface area contributed by atoms with Crippen LogP contribution in [0.25, 0.3) is 0 Å². The Labute approximate surface area is 120 Å². The predicted octanol–water partition coefficient (Wildman–Crippen LogP) is 2.77. The number of amides is 1. The zero-order valence-corrected chi connectivity index (χ0v) is 12.3. The largest absolute Gasteiger partial charge is 0.493 e. The van der Waals surface area contributed by atoms with E-state index in [2.05, 4.69) is 6.92 Å². The Morgan fingerprint density at radius 1 is 1.25 bits per heavy atom. The maximum absolute atomic E-state index is 12.0. The Balaban J connectivity index is 2.20. The van der Waals surface area contributed by atoms with Crippen molar-refractivity contribution in [3.8, 4) is 11.5 Å². The smallest absolute Gasteiger partial charge is 0.246 e. The molecule has 1 aromatic carbocycles. The van der Waals surface area contributed by atoms with E-state index in [9.17, 15) is 4.79 Å². The van der Waals surface area contributed by atoms with Crippen LogP contribution in [0.4, 0.5) is 0 Å². The van der Waals surface area contributed by atoms with Crippen molar-refractivity contribution in [3.05, 3.63) is 35.9 Å². The van der Waals surface area contributed by atoms with Gasteiger partial charge in [-0.05, 0) is 36.6 Å². The summed E-state index contributed by atoms with van der Waals surface area (Å²) in [6, 6.07) is 6.05. The summed E-state index contributed by atoms with van der Waals surface area (Å²) < 4.78 is 10.5. The van der Waals surface area contributed by atoms with E-state index in [1.165, 1.54) is 0 Å².